The molecule has 0 aliphatic carbocycles. The summed E-state index contributed by atoms with van der Waals surface area (Å²) in [7, 11) is 0. The van der Waals surface area contributed by atoms with E-state index in [1.807, 2.05) is 0 Å². The molecule has 3 heteroatoms. The van der Waals surface area contributed by atoms with Gasteiger partial charge in [-0.05, 0) is 6.42 Å². The van der Waals surface area contributed by atoms with Crippen LogP contribution >= 0.6 is 0 Å². The maximum absolute atomic E-state index is 3.38. The van der Waals surface area contributed by atoms with E-state index in [4.69, 9.17) is 0 Å². The zero-order valence-electron chi connectivity index (χ0n) is 5.93. The van der Waals surface area contributed by atoms with Gasteiger partial charge in [0.05, 0.1) is 0 Å². The Morgan fingerprint density at radius 1 is 1.40 bits per heavy atom. The van der Waals surface area contributed by atoms with Gasteiger partial charge < -0.3 is 5.32 Å². The fourth-order valence-electron chi connectivity index (χ4n) is 1.54. The first-order chi connectivity index (χ1) is 4.97. The second-order valence-corrected chi connectivity index (χ2v) is 2.83. The molecular weight excluding hydrogens is 126 g/mol. The molecule has 0 aromatic heterocycles. The smallest absolute Gasteiger partial charge is 0.0422 e. The van der Waals surface area contributed by atoms with Gasteiger partial charge in [-0.25, -0.2) is 0 Å². The van der Waals surface area contributed by atoms with Crippen LogP contribution in [0.15, 0.2) is 12.2 Å². The Hall–Kier alpha value is -0.380. The maximum atomic E-state index is 3.38. The van der Waals surface area contributed by atoms with Crippen molar-refractivity contribution in [2.24, 2.45) is 0 Å². The van der Waals surface area contributed by atoms with Gasteiger partial charge in [0.2, 0.25) is 0 Å². The summed E-state index contributed by atoms with van der Waals surface area (Å²) in [4.78, 5) is 0. The van der Waals surface area contributed by atoms with Crippen molar-refractivity contribution in [2.75, 3.05) is 13.1 Å². The highest BCUT2D eigenvalue weighted by atomic mass is 15.4. The summed E-state index contributed by atoms with van der Waals surface area (Å²) in [5, 5.41) is 3.38. The van der Waals surface area contributed by atoms with Crippen LogP contribution in [0.2, 0.25) is 0 Å². The zero-order chi connectivity index (χ0) is 6.81. The molecule has 0 amide bonds. The van der Waals surface area contributed by atoms with Crippen molar-refractivity contribution < 1.29 is 0 Å². The molecule has 2 heterocycles. The highest BCUT2D eigenvalue weighted by Crippen LogP contribution is 2.06. The van der Waals surface area contributed by atoms with Gasteiger partial charge in [0, 0.05) is 25.2 Å². The van der Waals surface area contributed by atoms with Gasteiger partial charge in [-0.3, -0.25) is 10.9 Å². The molecule has 0 bridgehead atoms. The normalized spacial score (nSPS) is 39.2. The van der Waals surface area contributed by atoms with E-state index in [1.54, 1.807) is 0 Å². The standard InChI is InChI=1S/C7H13N3/c1-2-6(8-4-1)7-3-5-9-10-7/h1-2,6-10H,3-5H2. The van der Waals surface area contributed by atoms with Crippen molar-refractivity contribution in [1.82, 2.24) is 16.2 Å². The van der Waals surface area contributed by atoms with E-state index in [2.05, 4.69) is 28.3 Å². The molecule has 0 spiro atoms. The molecule has 0 aromatic carbocycles. The molecule has 2 rings (SSSR count). The molecule has 3 N–H and O–H groups in total. The first-order valence-corrected chi connectivity index (χ1v) is 3.85. The number of rotatable bonds is 1. The fraction of sp³-hybridized carbons (Fsp3) is 0.714. The van der Waals surface area contributed by atoms with E-state index >= 15 is 0 Å². The zero-order valence-corrected chi connectivity index (χ0v) is 5.93. The van der Waals surface area contributed by atoms with Crippen molar-refractivity contribution in [3.8, 4) is 0 Å². The van der Waals surface area contributed by atoms with Crippen LogP contribution in [0.1, 0.15) is 6.42 Å². The summed E-state index contributed by atoms with van der Waals surface area (Å²) in [6, 6.07) is 1.15. The summed E-state index contributed by atoms with van der Waals surface area (Å²) >= 11 is 0. The monoisotopic (exact) mass is 139 g/mol. The fourth-order valence-corrected chi connectivity index (χ4v) is 1.54. The molecule has 10 heavy (non-hydrogen) atoms. The van der Waals surface area contributed by atoms with Crippen molar-refractivity contribution in [3.63, 3.8) is 0 Å². The molecule has 0 aromatic rings. The minimum atomic E-state index is 0.551. The number of hydrogen-bond donors (Lipinski definition) is 3. The summed E-state index contributed by atoms with van der Waals surface area (Å²) in [5.74, 6) is 0. The molecular formula is C7H13N3. The molecule has 0 saturated carbocycles. The predicted molar refractivity (Wildman–Crippen MR) is 40.5 cm³/mol. The van der Waals surface area contributed by atoms with E-state index in [0.717, 1.165) is 13.1 Å². The third-order valence-corrected chi connectivity index (χ3v) is 2.12. The Balaban J connectivity index is 1.91. The first kappa shape index (κ1) is 6.34. The highest BCUT2D eigenvalue weighted by molar-refractivity contribution is 5.07. The second-order valence-electron chi connectivity index (χ2n) is 2.83. The quantitative estimate of drug-likeness (QED) is 0.424. The van der Waals surface area contributed by atoms with Gasteiger partial charge in [-0.15, -0.1) is 0 Å². The topological polar surface area (TPSA) is 36.1 Å². The Bertz CT molecular complexity index is 138. The average Bonchev–Trinajstić information content (AvgIpc) is 2.59. The largest absolute Gasteiger partial charge is 0.306 e. The molecule has 2 unspecified atom stereocenters. The van der Waals surface area contributed by atoms with Crippen LogP contribution in [-0.2, 0) is 0 Å². The van der Waals surface area contributed by atoms with Gasteiger partial charge in [0.25, 0.3) is 0 Å². The maximum Gasteiger partial charge on any atom is 0.0422 e. The lowest BCUT2D eigenvalue weighted by Crippen LogP contribution is -2.43. The van der Waals surface area contributed by atoms with Crippen LogP contribution < -0.4 is 16.2 Å². The molecule has 2 aliphatic heterocycles. The lowest BCUT2D eigenvalue weighted by Gasteiger charge is -2.16. The molecule has 3 nitrogen and oxygen atoms in total. The number of hydrogen-bond acceptors (Lipinski definition) is 3. The van der Waals surface area contributed by atoms with Crippen molar-refractivity contribution >= 4 is 0 Å². The molecule has 1 saturated heterocycles. The molecule has 0 radical (unpaired) electrons. The van der Waals surface area contributed by atoms with Crippen molar-refractivity contribution in [1.29, 1.82) is 0 Å². The molecule has 56 valence electrons. The molecule has 2 aliphatic rings. The summed E-state index contributed by atoms with van der Waals surface area (Å²) in [6.45, 7) is 2.12. The van der Waals surface area contributed by atoms with E-state index in [0.29, 0.717) is 12.1 Å². The summed E-state index contributed by atoms with van der Waals surface area (Å²) in [5.41, 5.74) is 6.36. The van der Waals surface area contributed by atoms with Crippen LogP contribution in [0.4, 0.5) is 0 Å². The van der Waals surface area contributed by atoms with Crippen LogP contribution in [0.3, 0.4) is 0 Å². The van der Waals surface area contributed by atoms with E-state index < -0.39 is 0 Å². The van der Waals surface area contributed by atoms with Gasteiger partial charge in [-0.2, -0.15) is 0 Å². The Labute approximate surface area is 60.8 Å². The Kier molecular flexibility index (Phi) is 1.71. The van der Waals surface area contributed by atoms with Crippen LogP contribution in [0.5, 0.6) is 0 Å². The summed E-state index contributed by atoms with van der Waals surface area (Å²) in [6.07, 6.45) is 5.65. The van der Waals surface area contributed by atoms with E-state index in [9.17, 15) is 0 Å². The highest BCUT2D eigenvalue weighted by Gasteiger charge is 2.23. The average molecular weight is 139 g/mol. The van der Waals surface area contributed by atoms with Gasteiger partial charge >= 0.3 is 0 Å². The minimum absolute atomic E-state index is 0.551. The van der Waals surface area contributed by atoms with Crippen LogP contribution in [-0.4, -0.2) is 25.2 Å². The lowest BCUT2D eigenvalue weighted by atomic mass is 10.1. The minimum Gasteiger partial charge on any atom is -0.306 e. The van der Waals surface area contributed by atoms with E-state index in [1.165, 1.54) is 6.42 Å². The van der Waals surface area contributed by atoms with Gasteiger partial charge in [0.1, 0.15) is 0 Å². The van der Waals surface area contributed by atoms with Crippen LogP contribution in [0.25, 0.3) is 0 Å². The number of hydrazine groups is 1. The first-order valence-electron chi connectivity index (χ1n) is 3.85. The second kappa shape index (κ2) is 2.70. The van der Waals surface area contributed by atoms with Crippen LogP contribution in [0, 0.1) is 0 Å². The van der Waals surface area contributed by atoms with Gasteiger partial charge in [0.15, 0.2) is 0 Å². The molecule has 1 fully saturated rings. The van der Waals surface area contributed by atoms with Crippen molar-refractivity contribution in [2.45, 2.75) is 18.5 Å². The number of nitrogens with one attached hydrogen (secondary N) is 3. The third-order valence-electron chi connectivity index (χ3n) is 2.12. The van der Waals surface area contributed by atoms with Gasteiger partial charge in [-0.1, -0.05) is 12.2 Å². The summed E-state index contributed by atoms with van der Waals surface area (Å²) < 4.78 is 0. The Morgan fingerprint density at radius 2 is 2.40 bits per heavy atom. The predicted octanol–water partition coefficient (Wildman–Crippen LogP) is -0.619. The lowest BCUT2D eigenvalue weighted by molar-refractivity contribution is 0.469. The third kappa shape index (κ3) is 1.08. The Morgan fingerprint density at radius 3 is 3.00 bits per heavy atom. The van der Waals surface area contributed by atoms with Crippen molar-refractivity contribution in [3.05, 3.63) is 12.2 Å². The molecule has 2 atom stereocenters. The SMILES string of the molecule is C1=CC(C2CCNN2)NC1. The van der Waals surface area contributed by atoms with E-state index in [-0.39, 0.29) is 0 Å².